The summed E-state index contributed by atoms with van der Waals surface area (Å²) in [5.74, 6) is 5.94. The first kappa shape index (κ1) is 23.6. The summed E-state index contributed by atoms with van der Waals surface area (Å²) in [4.78, 5) is 34.2. The number of aromatic hydroxyl groups is 1. The number of rotatable bonds is 5. The van der Waals surface area contributed by atoms with Crippen molar-refractivity contribution >= 4 is 6.03 Å². The van der Waals surface area contributed by atoms with Crippen LogP contribution in [0.1, 0.15) is 34.0 Å². The molecule has 5 rings (SSSR count). The zero-order valence-corrected chi connectivity index (χ0v) is 19.7. The first-order chi connectivity index (χ1) is 17.5. The molecule has 1 atom stereocenters. The van der Waals surface area contributed by atoms with Gasteiger partial charge in [0.05, 0.1) is 32.1 Å². The van der Waals surface area contributed by atoms with Gasteiger partial charge in [0.25, 0.3) is 5.56 Å². The van der Waals surface area contributed by atoms with Crippen molar-refractivity contribution < 1.29 is 14.6 Å². The van der Waals surface area contributed by atoms with E-state index in [-0.39, 0.29) is 24.3 Å². The highest BCUT2D eigenvalue weighted by Crippen LogP contribution is 2.23. The van der Waals surface area contributed by atoms with E-state index in [2.05, 4.69) is 44.2 Å². The Kier molecular flexibility index (Phi) is 6.98. The van der Waals surface area contributed by atoms with Gasteiger partial charge in [-0.05, 0) is 35.4 Å². The summed E-state index contributed by atoms with van der Waals surface area (Å²) in [5.41, 5.74) is 3.60. The largest absolute Gasteiger partial charge is 0.502 e. The van der Waals surface area contributed by atoms with Crippen molar-refractivity contribution in [3.8, 4) is 17.6 Å². The number of ether oxygens (including phenoxy) is 1. The molecule has 0 aliphatic carbocycles. The second kappa shape index (κ2) is 10.6. The lowest BCUT2D eigenvalue weighted by atomic mass is 10.0. The Morgan fingerprint density at radius 2 is 1.64 bits per heavy atom. The van der Waals surface area contributed by atoms with Crippen LogP contribution in [0.25, 0.3) is 0 Å². The Balaban J connectivity index is 1.18. The van der Waals surface area contributed by atoms with Gasteiger partial charge in [0, 0.05) is 37.3 Å². The fourth-order valence-electron chi connectivity index (χ4n) is 4.29. The Hall–Kier alpha value is -4.13. The quantitative estimate of drug-likeness (QED) is 0.477. The normalized spacial score (nSPS) is 17.9. The molecule has 3 N–H and O–H groups in total. The van der Waals surface area contributed by atoms with E-state index >= 15 is 0 Å². The SMILES string of the molecule is O=C1NC(c2ccc(C#Cc3ccc(CN4CCOCC4)cc3)cc2)CN1Cc1nc[nH]c(=O)c1O. The number of nitrogens with zero attached hydrogens (tertiary/aromatic N) is 3. The Morgan fingerprint density at radius 1 is 0.972 bits per heavy atom. The average molecular weight is 486 g/mol. The van der Waals surface area contributed by atoms with Crippen LogP contribution in [0, 0.1) is 11.8 Å². The molecule has 0 saturated carbocycles. The maximum atomic E-state index is 12.4. The van der Waals surface area contributed by atoms with Crippen molar-refractivity contribution in [2.24, 2.45) is 0 Å². The lowest BCUT2D eigenvalue weighted by Gasteiger charge is -2.26. The first-order valence-electron chi connectivity index (χ1n) is 11.9. The molecule has 3 heterocycles. The van der Waals surface area contributed by atoms with Gasteiger partial charge >= 0.3 is 6.03 Å². The van der Waals surface area contributed by atoms with Crippen molar-refractivity contribution in [3.05, 3.63) is 93.2 Å². The standard InChI is InChI=1S/C27H27N5O4/c33-25-24(28-18-29-26(25)34)17-32-16-23(30-27(32)35)22-9-7-20(8-10-22)2-1-19-3-5-21(6-4-19)15-31-11-13-36-14-12-31/h3-10,18,23,33H,11-17H2,(H,30,35)(H,28,29,34). The number of H-pyrrole nitrogens is 1. The van der Waals surface area contributed by atoms with E-state index in [1.54, 1.807) is 0 Å². The average Bonchev–Trinajstić information content (AvgIpc) is 3.27. The minimum atomic E-state index is -0.628. The van der Waals surface area contributed by atoms with E-state index in [4.69, 9.17) is 4.74 Å². The summed E-state index contributed by atoms with van der Waals surface area (Å²) in [6.07, 6.45) is 1.21. The van der Waals surface area contributed by atoms with Crippen molar-refractivity contribution in [2.45, 2.75) is 19.1 Å². The maximum absolute atomic E-state index is 12.4. The van der Waals surface area contributed by atoms with Gasteiger partial charge in [-0.15, -0.1) is 0 Å². The smallest absolute Gasteiger partial charge is 0.318 e. The summed E-state index contributed by atoms with van der Waals surface area (Å²) >= 11 is 0. The molecular formula is C27H27N5O4. The van der Waals surface area contributed by atoms with Crippen LogP contribution in [0.3, 0.4) is 0 Å². The van der Waals surface area contributed by atoms with Crippen LogP contribution in [0.5, 0.6) is 5.75 Å². The molecule has 36 heavy (non-hydrogen) atoms. The summed E-state index contributed by atoms with van der Waals surface area (Å²) < 4.78 is 5.40. The Morgan fingerprint density at radius 3 is 2.33 bits per heavy atom. The van der Waals surface area contributed by atoms with Gasteiger partial charge in [0.15, 0.2) is 0 Å². The molecule has 9 nitrogen and oxygen atoms in total. The van der Waals surface area contributed by atoms with Gasteiger partial charge in [0.2, 0.25) is 5.75 Å². The number of nitrogens with one attached hydrogen (secondary N) is 2. The fourth-order valence-corrected chi connectivity index (χ4v) is 4.29. The van der Waals surface area contributed by atoms with Crippen LogP contribution in [0.2, 0.25) is 0 Å². The number of benzene rings is 2. The fraction of sp³-hybridized carbons (Fsp3) is 0.296. The predicted octanol–water partition coefficient (Wildman–Crippen LogP) is 1.97. The van der Waals surface area contributed by atoms with E-state index in [1.807, 2.05) is 36.4 Å². The van der Waals surface area contributed by atoms with Gasteiger partial charge in [-0.1, -0.05) is 36.1 Å². The number of amides is 2. The van der Waals surface area contributed by atoms with Crippen LogP contribution in [0.4, 0.5) is 4.79 Å². The van der Waals surface area contributed by atoms with Gasteiger partial charge in [-0.25, -0.2) is 9.78 Å². The van der Waals surface area contributed by atoms with E-state index in [9.17, 15) is 14.7 Å². The molecule has 1 aromatic heterocycles. The van der Waals surface area contributed by atoms with Crippen LogP contribution in [-0.4, -0.2) is 63.8 Å². The zero-order chi connectivity index (χ0) is 24.9. The summed E-state index contributed by atoms with van der Waals surface area (Å²) in [7, 11) is 0. The lowest BCUT2D eigenvalue weighted by Crippen LogP contribution is -2.35. The molecule has 2 aliphatic rings. The third-order valence-electron chi connectivity index (χ3n) is 6.36. The monoisotopic (exact) mass is 485 g/mol. The first-order valence-corrected chi connectivity index (χ1v) is 11.9. The minimum absolute atomic E-state index is 0.0485. The van der Waals surface area contributed by atoms with Crippen LogP contribution in [0.15, 0.2) is 59.7 Å². The number of aromatic amines is 1. The van der Waals surface area contributed by atoms with E-state index in [1.165, 1.54) is 16.8 Å². The molecule has 0 radical (unpaired) electrons. The van der Waals surface area contributed by atoms with Crippen molar-refractivity contribution in [2.75, 3.05) is 32.8 Å². The molecule has 0 spiro atoms. The van der Waals surface area contributed by atoms with Gasteiger partial charge in [-0.3, -0.25) is 9.69 Å². The zero-order valence-electron chi connectivity index (χ0n) is 19.7. The van der Waals surface area contributed by atoms with Crippen molar-refractivity contribution in [1.82, 2.24) is 25.1 Å². The molecule has 2 amide bonds. The van der Waals surface area contributed by atoms with E-state index in [0.29, 0.717) is 6.54 Å². The Labute approximate surface area is 208 Å². The third-order valence-corrected chi connectivity index (χ3v) is 6.36. The summed E-state index contributed by atoms with van der Waals surface area (Å²) in [6, 6.07) is 15.6. The summed E-state index contributed by atoms with van der Waals surface area (Å²) in [6.45, 7) is 4.90. The molecule has 1 unspecified atom stereocenters. The van der Waals surface area contributed by atoms with Gasteiger partial charge in [-0.2, -0.15) is 0 Å². The molecular weight excluding hydrogens is 458 g/mol. The van der Waals surface area contributed by atoms with Crippen molar-refractivity contribution in [3.63, 3.8) is 0 Å². The number of morpholine rings is 1. The highest BCUT2D eigenvalue weighted by Gasteiger charge is 2.30. The molecule has 2 aromatic carbocycles. The molecule has 9 heteroatoms. The molecule has 2 saturated heterocycles. The van der Waals surface area contributed by atoms with E-state index in [0.717, 1.165) is 49.5 Å². The van der Waals surface area contributed by atoms with Crippen LogP contribution >= 0.6 is 0 Å². The molecule has 184 valence electrons. The summed E-state index contributed by atoms with van der Waals surface area (Å²) in [5, 5.41) is 12.8. The Bertz CT molecular complexity index is 1340. The number of hydrogen-bond acceptors (Lipinski definition) is 6. The van der Waals surface area contributed by atoms with Crippen molar-refractivity contribution in [1.29, 1.82) is 0 Å². The van der Waals surface area contributed by atoms with Crippen LogP contribution in [-0.2, 0) is 17.8 Å². The topological polar surface area (TPSA) is 111 Å². The number of carbonyl (C=O) groups is 1. The molecule has 2 aliphatic heterocycles. The van der Waals surface area contributed by atoms with Gasteiger partial charge < -0.3 is 25.0 Å². The number of urea groups is 1. The highest BCUT2D eigenvalue weighted by atomic mass is 16.5. The molecule has 0 bridgehead atoms. The lowest BCUT2D eigenvalue weighted by molar-refractivity contribution is 0.0342. The number of aromatic nitrogens is 2. The maximum Gasteiger partial charge on any atom is 0.318 e. The second-order valence-corrected chi connectivity index (χ2v) is 8.87. The molecule has 2 fully saturated rings. The van der Waals surface area contributed by atoms with Crippen LogP contribution < -0.4 is 10.9 Å². The van der Waals surface area contributed by atoms with Gasteiger partial charge in [0.1, 0.15) is 5.69 Å². The third kappa shape index (κ3) is 5.57. The highest BCUT2D eigenvalue weighted by molar-refractivity contribution is 5.77. The van der Waals surface area contributed by atoms with E-state index < -0.39 is 11.3 Å². The minimum Gasteiger partial charge on any atom is -0.502 e. The molecule has 3 aromatic rings. The number of carbonyl (C=O) groups excluding carboxylic acids is 1. The number of hydrogen-bond donors (Lipinski definition) is 3. The second-order valence-electron chi connectivity index (χ2n) is 8.87. The predicted molar refractivity (Wildman–Crippen MR) is 133 cm³/mol.